The largest absolute Gasteiger partial charge is 0.0683 e. The third-order valence-electron chi connectivity index (χ3n) is 2.64. The standard InChI is InChI=1S/C10H20.C2H6/c1-10-8-6-4-2-3-5-7-9-10;1-2/h10H,2-9H2,1H3;1-2H3. The lowest BCUT2D eigenvalue weighted by molar-refractivity contribution is 0.465. The Labute approximate surface area is 78.8 Å². The molecule has 0 aliphatic heterocycles. The highest BCUT2D eigenvalue weighted by Gasteiger charge is 2.03. The third-order valence-corrected chi connectivity index (χ3v) is 2.64. The van der Waals surface area contributed by atoms with Gasteiger partial charge in [-0.15, -0.1) is 0 Å². The van der Waals surface area contributed by atoms with Crippen molar-refractivity contribution in [3.8, 4) is 0 Å². The summed E-state index contributed by atoms with van der Waals surface area (Å²) in [6, 6.07) is 0. The minimum Gasteiger partial charge on any atom is -0.0683 e. The van der Waals surface area contributed by atoms with E-state index in [1.165, 1.54) is 51.4 Å². The Morgan fingerprint density at radius 2 is 1.00 bits per heavy atom. The molecule has 0 unspecified atom stereocenters. The number of hydrogen-bond acceptors (Lipinski definition) is 0. The molecule has 0 aromatic heterocycles. The van der Waals surface area contributed by atoms with Crippen LogP contribution in [-0.2, 0) is 0 Å². The maximum absolute atomic E-state index is 2.41. The molecule has 1 aliphatic carbocycles. The predicted molar refractivity (Wildman–Crippen MR) is 57.4 cm³/mol. The molecule has 0 amide bonds. The second-order valence-corrected chi connectivity index (χ2v) is 3.80. The van der Waals surface area contributed by atoms with Crippen LogP contribution in [0.25, 0.3) is 0 Å². The van der Waals surface area contributed by atoms with Crippen LogP contribution in [0.3, 0.4) is 0 Å². The third kappa shape index (κ3) is 6.69. The van der Waals surface area contributed by atoms with Gasteiger partial charge in [0.25, 0.3) is 0 Å². The van der Waals surface area contributed by atoms with Crippen LogP contribution in [-0.4, -0.2) is 0 Å². The van der Waals surface area contributed by atoms with Crippen LogP contribution < -0.4 is 0 Å². The van der Waals surface area contributed by atoms with Gasteiger partial charge in [0, 0.05) is 0 Å². The lowest BCUT2D eigenvalue weighted by Gasteiger charge is -2.07. The van der Waals surface area contributed by atoms with Gasteiger partial charge in [0.1, 0.15) is 0 Å². The lowest BCUT2D eigenvalue weighted by Crippen LogP contribution is -1.92. The molecule has 0 radical (unpaired) electrons. The van der Waals surface area contributed by atoms with E-state index in [9.17, 15) is 0 Å². The maximum atomic E-state index is 2.41. The summed E-state index contributed by atoms with van der Waals surface area (Å²) in [5.41, 5.74) is 0. The summed E-state index contributed by atoms with van der Waals surface area (Å²) >= 11 is 0. The molecule has 1 rings (SSSR count). The Bertz CT molecular complexity index is 66.1. The monoisotopic (exact) mass is 170 g/mol. The van der Waals surface area contributed by atoms with Crippen molar-refractivity contribution in [1.29, 1.82) is 0 Å². The molecule has 0 spiro atoms. The highest BCUT2D eigenvalue weighted by atomic mass is 14.1. The summed E-state index contributed by atoms with van der Waals surface area (Å²) in [6.45, 7) is 6.41. The zero-order valence-corrected chi connectivity index (χ0v) is 9.23. The smallest absolute Gasteiger partial charge is 0.0443 e. The molecule has 0 aromatic rings. The number of hydrogen-bond donors (Lipinski definition) is 0. The van der Waals surface area contributed by atoms with E-state index < -0.39 is 0 Å². The quantitative estimate of drug-likeness (QED) is 0.490. The van der Waals surface area contributed by atoms with Crippen molar-refractivity contribution >= 4 is 0 Å². The molecule has 0 N–H and O–H groups in total. The first-order valence-electron chi connectivity index (χ1n) is 5.89. The van der Waals surface area contributed by atoms with Crippen molar-refractivity contribution in [1.82, 2.24) is 0 Å². The normalized spacial score (nSPS) is 21.2. The molecule has 0 saturated heterocycles. The van der Waals surface area contributed by atoms with Gasteiger partial charge < -0.3 is 0 Å². The van der Waals surface area contributed by atoms with Crippen molar-refractivity contribution in [2.24, 2.45) is 5.92 Å². The molecular formula is C12H26. The van der Waals surface area contributed by atoms with Crippen molar-refractivity contribution in [3.05, 3.63) is 0 Å². The maximum Gasteiger partial charge on any atom is -0.0443 e. The highest BCUT2D eigenvalue weighted by Crippen LogP contribution is 2.20. The summed E-state index contributed by atoms with van der Waals surface area (Å²) in [7, 11) is 0. The summed E-state index contributed by atoms with van der Waals surface area (Å²) in [5, 5.41) is 0. The van der Waals surface area contributed by atoms with Crippen LogP contribution in [0.15, 0.2) is 0 Å². The van der Waals surface area contributed by atoms with E-state index in [2.05, 4.69) is 6.92 Å². The zero-order valence-electron chi connectivity index (χ0n) is 9.23. The van der Waals surface area contributed by atoms with Gasteiger partial charge in [0.2, 0.25) is 0 Å². The van der Waals surface area contributed by atoms with Gasteiger partial charge in [0.15, 0.2) is 0 Å². The first-order valence-corrected chi connectivity index (χ1v) is 5.89. The Hall–Kier alpha value is 0. The molecule has 74 valence electrons. The Morgan fingerprint density at radius 1 is 0.667 bits per heavy atom. The first kappa shape index (κ1) is 12.0. The van der Waals surface area contributed by atoms with Crippen molar-refractivity contribution in [2.45, 2.75) is 72.1 Å². The molecule has 0 atom stereocenters. The second-order valence-electron chi connectivity index (χ2n) is 3.80. The Kier molecular flexibility index (Phi) is 9.09. The van der Waals surface area contributed by atoms with E-state index in [4.69, 9.17) is 0 Å². The van der Waals surface area contributed by atoms with E-state index in [1.54, 1.807) is 0 Å². The van der Waals surface area contributed by atoms with Gasteiger partial charge in [-0.2, -0.15) is 0 Å². The van der Waals surface area contributed by atoms with Crippen LogP contribution in [0.2, 0.25) is 0 Å². The number of rotatable bonds is 0. The molecule has 0 bridgehead atoms. The molecule has 0 nitrogen and oxygen atoms in total. The molecule has 12 heavy (non-hydrogen) atoms. The molecule has 0 heteroatoms. The summed E-state index contributed by atoms with van der Waals surface area (Å²) in [5.74, 6) is 1.01. The summed E-state index contributed by atoms with van der Waals surface area (Å²) in [6.07, 6.45) is 11.9. The lowest BCUT2D eigenvalue weighted by atomic mass is 10.00. The van der Waals surface area contributed by atoms with Crippen LogP contribution >= 0.6 is 0 Å². The van der Waals surface area contributed by atoms with Gasteiger partial charge in [0.05, 0.1) is 0 Å². The topological polar surface area (TPSA) is 0 Å². The fraction of sp³-hybridized carbons (Fsp3) is 1.00. The Balaban J connectivity index is 0.000000561. The van der Waals surface area contributed by atoms with Gasteiger partial charge >= 0.3 is 0 Å². The van der Waals surface area contributed by atoms with E-state index in [1.807, 2.05) is 13.8 Å². The Morgan fingerprint density at radius 3 is 1.42 bits per heavy atom. The van der Waals surface area contributed by atoms with Crippen LogP contribution in [0.5, 0.6) is 0 Å². The van der Waals surface area contributed by atoms with Crippen LogP contribution in [0.1, 0.15) is 72.1 Å². The molecule has 1 fully saturated rings. The SMILES string of the molecule is CC.CC1CCCCCCCC1. The minimum atomic E-state index is 1.01. The molecule has 1 saturated carbocycles. The van der Waals surface area contributed by atoms with E-state index in [0.717, 1.165) is 5.92 Å². The van der Waals surface area contributed by atoms with Gasteiger partial charge in [-0.1, -0.05) is 72.1 Å². The molecule has 1 aliphatic rings. The average molecular weight is 170 g/mol. The first-order chi connectivity index (χ1) is 5.89. The molecule has 0 aromatic carbocycles. The van der Waals surface area contributed by atoms with Gasteiger partial charge in [-0.25, -0.2) is 0 Å². The fourth-order valence-electron chi connectivity index (χ4n) is 1.84. The fourth-order valence-corrected chi connectivity index (χ4v) is 1.84. The highest BCUT2D eigenvalue weighted by molar-refractivity contribution is 4.57. The van der Waals surface area contributed by atoms with Gasteiger partial charge in [-0.05, 0) is 5.92 Å². The van der Waals surface area contributed by atoms with E-state index in [-0.39, 0.29) is 0 Å². The average Bonchev–Trinajstić information content (AvgIpc) is 2.22. The summed E-state index contributed by atoms with van der Waals surface area (Å²) < 4.78 is 0. The van der Waals surface area contributed by atoms with Crippen molar-refractivity contribution < 1.29 is 0 Å². The van der Waals surface area contributed by atoms with Crippen molar-refractivity contribution in [2.75, 3.05) is 0 Å². The predicted octanol–water partition coefficient (Wildman–Crippen LogP) is 4.78. The van der Waals surface area contributed by atoms with E-state index in [0.29, 0.717) is 0 Å². The zero-order chi connectivity index (χ0) is 9.23. The summed E-state index contributed by atoms with van der Waals surface area (Å²) in [4.78, 5) is 0. The van der Waals surface area contributed by atoms with Crippen molar-refractivity contribution in [3.63, 3.8) is 0 Å². The second kappa shape index (κ2) is 9.09. The molecular weight excluding hydrogens is 144 g/mol. The van der Waals surface area contributed by atoms with Crippen LogP contribution in [0, 0.1) is 5.92 Å². The molecule has 0 heterocycles. The van der Waals surface area contributed by atoms with E-state index >= 15 is 0 Å². The van der Waals surface area contributed by atoms with Gasteiger partial charge in [-0.3, -0.25) is 0 Å². The van der Waals surface area contributed by atoms with Crippen LogP contribution in [0.4, 0.5) is 0 Å². The minimum absolute atomic E-state index is 1.01.